The van der Waals surface area contributed by atoms with E-state index in [1.54, 1.807) is 6.92 Å². The van der Waals surface area contributed by atoms with Crippen molar-refractivity contribution in [2.45, 2.75) is 42.6 Å². The second kappa shape index (κ2) is 5.23. The molecule has 120 valence electrons. The molecule has 1 aliphatic heterocycles. The van der Waals surface area contributed by atoms with E-state index in [1.807, 2.05) is 0 Å². The lowest BCUT2D eigenvalue weighted by Gasteiger charge is -2.19. The molecule has 0 radical (unpaired) electrons. The first-order chi connectivity index (χ1) is 11.1. The summed E-state index contributed by atoms with van der Waals surface area (Å²) in [6.45, 7) is 1.89. The van der Waals surface area contributed by atoms with E-state index in [9.17, 15) is 13.8 Å². The lowest BCUT2D eigenvalue weighted by atomic mass is 10.1. The second-order valence-electron chi connectivity index (χ2n) is 5.72. The molecule has 0 spiro atoms. The molecule has 0 aromatic carbocycles. The lowest BCUT2D eigenvalue weighted by Crippen LogP contribution is -2.33. The molecule has 2 aromatic heterocycles. The van der Waals surface area contributed by atoms with E-state index in [4.69, 9.17) is 4.74 Å². The van der Waals surface area contributed by atoms with Gasteiger partial charge in [0.05, 0.1) is 28.7 Å². The Balaban J connectivity index is 2.04. The standard InChI is InChI=1S/C15H15N3O4S/c1-2-22-14(20)9-6-8-7-16-15-17-12(8)18(13(9)19)10-4-3-5-11(10)23(15)21/h6-7,10-11H,2-5H2,1H3. The molecular weight excluding hydrogens is 318 g/mol. The highest BCUT2D eigenvalue weighted by atomic mass is 32.2. The van der Waals surface area contributed by atoms with Crippen molar-refractivity contribution in [1.82, 2.24) is 14.5 Å². The predicted molar refractivity (Wildman–Crippen MR) is 82.8 cm³/mol. The maximum atomic E-state index is 12.9. The summed E-state index contributed by atoms with van der Waals surface area (Å²) >= 11 is 0. The van der Waals surface area contributed by atoms with Gasteiger partial charge in [0.1, 0.15) is 11.2 Å². The molecule has 2 aliphatic rings. The minimum atomic E-state index is -1.34. The fourth-order valence-corrected chi connectivity index (χ4v) is 4.98. The molecule has 1 fully saturated rings. The van der Waals surface area contributed by atoms with Gasteiger partial charge in [-0.1, -0.05) is 6.42 Å². The molecule has 1 saturated carbocycles. The number of carbonyl (C=O) groups is 1. The van der Waals surface area contributed by atoms with Crippen LogP contribution in [-0.2, 0) is 15.5 Å². The summed E-state index contributed by atoms with van der Waals surface area (Å²) in [6.07, 6.45) is 3.92. The van der Waals surface area contributed by atoms with Gasteiger partial charge in [-0.3, -0.25) is 13.6 Å². The Kier molecular flexibility index (Phi) is 3.29. The molecule has 23 heavy (non-hydrogen) atoms. The smallest absolute Gasteiger partial charge is 0.343 e. The zero-order valence-corrected chi connectivity index (χ0v) is 13.3. The number of fused-ring (bicyclic) bond motifs is 3. The number of hydrogen-bond donors (Lipinski definition) is 0. The third-order valence-electron chi connectivity index (χ3n) is 4.45. The Morgan fingerprint density at radius 3 is 3.09 bits per heavy atom. The van der Waals surface area contributed by atoms with Crippen molar-refractivity contribution in [2.24, 2.45) is 0 Å². The molecule has 1 aliphatic carbocycles. The average molecular weight is 333 g/mol. The largest absolute Gasteiger partial charge is 0.462 e. The quantitative estimate of drug-likeness (QED) is 0.605. The maximum absolute atomic E-state index is 12.9. The lowest BCUT2D eigenvalue weighted by molar-refractivity contribution is 0.0523. The minimum absolute atomic E-state index is 0.0194. The van der Waals surface area contributed by atoms with Gasteiger partial charge in [-0.15, -0.1) is 0 Å². The van der Waals surface area contributed by atoms with Crippen molar-refractivity contribution >= 4 is 27.8 Å². The van der Waals surface area contributed by atoms with Crippen molar-refractivity contribution in [1.29, 1.82) is 0 Å². The minimum Gasteiger partial charge on any atom is -0.462 e. The summed E-state index contributed by atoms with van der Waals surface area (Å²) in [6, 6.07) is 1.25. The predicted octanol–water partition coefficient (Wildman–Crippen LogP) is 1.18. The van der Waals surface area contributed by atoms with Gasteiger partial charge in [0.25, 0.3) is 5.56 Å². The molecule has 0 N–H and O–H groups in total. The number of carbonyl (C=O) groups excluding carboxylic acids is 1. The normalized spacial score (nSPS) is 25.3. The Morgan fingerprint density at radius 2 is 2.30 bits per heavy atom. The van der Waals surface area contributed by atoms with Gasteiger partial charge < -0.3 is 4.74 Å². The van der Waals surface area contributed by atoms with Gasteiger partial charge in [0.2, 0.25) is 5.16 Å². The summed E-state index contributed by atoms with van der Waals surface area (Å²) in [5.41, 5.74) is 0.0150. The van der Waals surface area contributed by atoms with E-state index in [0.717, 1.165) is 19.3 Å². The summed E-state index contributed by atoms with van der Waals surface area (Å²) in [7, 11) is -1.34. The molecule has 0 amide bonds. The van der Waals surface area contributed by atoms with Crippen LogP contribution < -0.4 is 5.56 Å². The number of aromatic nitrogens is 3. The van der Waals surface area contributed by atoms with Gasteiger partial charge in [-0.05, 0) is 25.8 Å². The molecule has 3 heterocycles. The van der Waals surface area contributed by atoms with E-state index in [-0.39, 0.29) is 28.6 Å². The Bertz CT molecular complexity index is 907. The van der Waals surface area contributed by atoms with Crippen LogP contribution in [0.4, 0.5) is 0 Å². The van der Waals surface area contributed by atoms with Gasteiger partial charge in [0.15, 0.2) is 0 Å². The highest BCUT2D eigenvalue weighted by molar-refractivity contribution is 7.85. The van der Waals surface area contributed by atoms with Crippen LogP contribution in [0.1, 0.15) is 42.6 Å². The van der Waals surface area contributed by atoms with Crippen LogP contribution in [0.15, 0.2) is 22.2 Å². The van der Waals surface area contributed by atoms with E-state index in [1.165, 1.54) is 16.8 Å². The third-order valence-corrected chi connectivity index (χ3v) is 6.11. The SMILES string of the molecule is CCOC(=O)c1cc2cnc3nc2n(c1=O)C1CCCC1S3=O. The number of nitrogens with zero attached hydrogens (tertiary/aromatic N) is 3. The number of ether oxygens (including phenoxy) is 1. The molecule has 7 nitrogen and oxygen atoms in total. The van der Waals surface area contributed by atoms with Crippen molar-refractivity contribution in [3.05, 3.63) is 28.2 Å². The van der Waals surface area contributed by atoms with Crippen LogP contribution in [0.5, 0.6) is 0 Å². The highest BCUT2D eigenvalue weighted by Gasteiger charge is 2.39. The Hall–Kier alpha value is -2.09. The van der Waals surface area contributed by atoms with E-state index < -0.39 is 22.3 Å². The molecule has 0 saturated heterocycles. The van der Waals surface area contributed by atoms with Crippen LogP contribution in [0.25, 0.3) is 11.0 Å². The number of esters is 1. The van der Waals surface area contributed by atoms with Gasteiger partial charge >= 0.3 is 5.97 Å². The number of hydrogen-bond acceptors (Lipinski definition) is 6. The molecular formula is C15H15N3O4S. The van der Waals surface area contributed by atoms with Crippen molar-refractivity contribution < 1.29 is 13.7 Å². The van der Waals surface area contributed by atoms with Crippen LogP contribution in [0, 0.1) is 0 Å². The zero-order valence-electron chi connectivity index (χ0n) is 12.5. The fourth-order valence-electron chi connectivity index (χ4n) is 3.45. The zero-order chi connectivity index (χ0) is 16.1. The van der Waals surface area contributed by atoms with Crippen LogP contribution in [-0.4, -0.2) is 36.6 Å². The van der Waals surface area contributed by atoms with E-state index in [0.29, 0.717) is 11.0 Å². The first kappa shape index (κ1) is 14.5. The fraction of sp³-hybridized carbons (Fsp3) is 0.467. The van der Waals surface area contributed by atoms with Crippen molar-refractivity contribution in [2.75, 3.05) is 6.61 Å². The van der Waals surface area contributed by atoms with E-state index >= 15 is 0 Å². The maximum Gasteiger partial charge on any atom is 0.343 e. The van der Waals surface area contributed by atoms with E-state index in [2.05, 4.69) is 9.97 Å². The summed E-state index contributed by atoms with van der Waals surface area (Å²) in [5, 5.41) is 0.665. The summed E-state index contributed by atoms with van der Waals surface area (Å²) < 4.78 is 19.2. The molecule has 3 unspecified atom stereocenters. The molecule has 4 rings (SSSR count). The van der Waals surface area contributed by atoms with Crippen LogP contribution in [0.3, 0.4) is 0 Å². The first-order valence-electron chi connectivity index (χ1n) is 7.61. The molecule has 2 bridgehead atoms. The second-order valence-corrected chi connectivity index (χ2v) is 7.28. The average Bonchev–Trinajstić information content (AvgIpc) is 2.99. The van der Waals surface area contributed by atoms with Gasteiger partial charge in [-0.25, -0.2) is 14.8 Å². The topological polar surface area (TPSA) is 91.2 Å². The Morgan fingerprint density at radius 1 is 1.48 bits per heavy atom. The highest BCUT2D eigenvalue weighted by Crippen LogP contribution is 2.38. The van der Waals surface area contributed by atoms with Gasteiger partial charge in [-0.2, -0.15) is 0 Å². The van der Waals surface area contributed by atoms with Crippen molar-refractivity contribution in [3.8, 4) is 0 Å². The number of rotatable bonds is 2. The third kappa shape index (κ3) is 2.04. The van der Waals surface area contributed by atoms with Crippen molar-refractivity contribution in [3.63, 3.8) is 0 Å². The Labute approximate surface area is 134 Å². The molecule has 8 heteroatoms. The van der Waals surface area contributed by atoms with Crippen LogP contribution in [0.2, 0.25) is 0 Å². The van der Waals surface area contributed by atoms with Crippen LogP contribution >= 0.6 is 0 Å². The molecule has 3 atom stereocenters. The summed E-state index contributed by atoms with van der Waals surface area (Å²) in [4.78, 5) is 33.5. The monoisotopic (exact) mass is 333 g/mol. The molecule has 2 aromatic rings. The first-order valence-corrected chi connectivity index (χ1v) is 8.83. The number of pyridine rings is 1. The van der Waals surface area contributed by atoms with Gasteiger partial charge in [0, 0.05) is 11.6 Å². The summed E-state index contributed by atoms with van der Waals surface area (Å²) in [5.74, 6) is -0.646.